The maximum atomic E-state index is 12.8. The largest absolute Gasteiger partial charge is 0.309 e. The first-order chi connectivity index (χ1) is 8.24. The zero-order valence-electron chi connectivity index (χ0n) is 9.44. The molecule has 0 amide bonds. The van der Waals surface area contributed by atoms with Gasteiger partial charge in [0.1, 0.15) is 11.6 Å². The van der Waals surface area contributed by atoms with Crippen molar-refractivity contribution in [3.8, 4) is 0 Å². The number of rotatable bonds is 4. The van der Waals surface area contributed by atoms with E-state index in [2.05, 4.69) is 15.3 Å². The maximum absolute atomic E-state index is 12.8. The minimum absolute atomic E-state index is 0. The lowest BCUT2D eigenvalue weighted by Gasteiger charge is -2.04. The van der Waals surface area contributed by atoms with Crippen LogP contribution in [-0.2, 0) is 13.1 Å². The van der Waals surface area contributed by atoms with Gasteiger partial charge in [-0.1, -0.05) is 0 Å². The van der Waals surface area contributed by atoms with Crippen LogP contribution in [0, 0.1) is 11.6 Å². The molecule has 0 radical (unpaired) electrons. The highest BCUT2D eigenvalue weighted by molar-refractivity contribution is 5.85. The van der Waals surface area contributed by atoms with Crippen LogP contribution in [0.4, 0.5) is 8.78 Å². The number of hydrogen-bond donors (Lipinski definition) is 1. The Hall–Kier alpha value is -1.59. The fourth-order valence-electron chi connectivity index (χ4n) is 1.46. The summed E-state index contributed by atoms with van der Waals surface area (Å²) in [6.45, 7) is 0.947. The first kappa shape index (κ1) is 14.5. The Labute approximate surface area is 110 Å². The third kappa shape index (κ3) is 4.35. The molecule has 0 spiro atoms. The summed E-state index contributed by atoms with van der Waals surface area (Å²) >= 11 is 0. The van der Waals surface area contributed by atoms with Gasteiger partial charge in [0.2, 0.25) is 0 Å². The Balaban J connectivity index is 0.00000162. The topological polar surface area (TPSA) is 37.8 Å². The fourth-order valence-corrected chi connectivity index (χ4v) is 1.46. The summed E-state index contributed by atoms with van der Waals surface area (Å²) < 4.78 is 25.6. The van der Waals surface area contributed by atoms with E-state index in [0.29, 0.717) is 13.1 Å². The highest BCUT2D eigenvalue weighted by Gasteiger charge is 1.98. The molecule has 0 fully saturated rings. The second kappa shape index (κ2) is 6.98. The van der Waals surface area contributed by atoms with Crippen LogP contribution >= 0.6 is 12.4 Å². The van der Waals surface area contributed by atoms with Crippen molar-refractivity contribution < 1.29 is 8.78 Å². The van der Waals surface area contributed by atoms with Crippen LogP contribution < -0.4 is 5.32 Å². The van der Waals surface area contributed by atoms with Crippen molar-refractivity contribution in [3.63, 3.8) is 0 Å². The molecule has 2 aromatic heterocycles. The zero-order chi connectivity index (χ0) is 12.1. The van der Waals surface area contributed by atoms with Crippen LogP contribution in [0.3, 0.4) is 0 Å². The summed E-state index contributed by atoms with van der Waals surface area (Å²) in [5.41, 5.74) is 1.49. The van der Waals surface area contributed by atoms with Gasteiger partial charge in [0.05, 0.1) is 12.4 Å². The summed E-state index contributed by atoms with van der Waals surface area (Å²) in [7, 11) is 0. The Kier molecular flexibility index (Phi) is 5.61. The van der Waals surface area contributed by atoms with E-state index in [-0.39, 0.29) is 24.0 Å². The van der Waals surface area contributed by atoms with Gasteiger partial charge in [-0.25, -0.2) is 8.78 Å². The zero-order valence-corrected chi connectivity index (χ0v) is 10.3. The van der Waals surface area contributed by atoms with Gasteiger partial charge < -0.3 is 5.32 Å². The number of nitrogens with one attached hydrogen (secondary N) is 1. The van der Waals surface area contributed by atoms with Gasteiger partial charge in [0.15, 0.2) is 0 Å². The van der Waals surface area contributed by atoms with Gasteiger partial charge in [-0.15, -0.1) is 12.4 Å². The van der Waals surface area contributed by atoms with Crippen LogP contribution in [0.2, 0.25) is 0 Å². The van der Waals surface area contributed by atoms with E-state index in [4.69, 9.17) is 0 Å². The number of pyridine rings is 2. The Bertz CT molecular complexity index is 463. The molecule has 0 atom stereocenters. The second-order valence-corrected chi connectivity index (χ2v) is 3.63. The smallest absolute Gasteiger partial charge is 0.141 e. The van der Waals surface area contributed by atoms with Crippen LogP contribution in [0.5, 0.6) is 0 Å². The quantitative estimate of drug-likeness (QED) is 0.928. The molecule has 0 aliphatic heterocycles. The normalized spacial score (nSPS) is 9.89. The molecule has 2 rings (SSSR count). The van der Waals surface area contributed by atoms with Crippen molar-refractivity contribution in [2.24, 2.45) is 0 Å². The lowest BCUT2D eigenvalue weighted by Crippen LogP contribution is -2.13. The molecular weight excluding hydrogens is 260 g/mol. The molecule has 6 heteroatoms. The van der Waals surface area contributed by atoms with Crippen molar-refractivity contribution in [1.82, 2.24) is 15.3 Å². The van der Waals surface area contributed by atoms with Gasteiger partial charge in [-0.2, -0.15) is 0 Å². The molecule has 0 saturated heterocycles. The van der Waals surface area contributed by atoms with E-state index in [1.807, 2.05) is 0 Å². The van der Waals surface area contributed by atoms with Crippen LogP contribution in [0.25, 0.3) is 0 Å². The number of aromatic nitrogens is 2. The third-order valence-electron chi connectivity index (χ3n) is 2.18. The monoisotopic (exact) mass is 271 g/mol. The number of halogens is 3. The van der Waals surface area contributed by atoms with E-state index >= 15 is 0 Å². The van der Waals surface area contributed by atoms with Crippen molar-refractivity contribution in [2.75, 3.05) is 0 Å². The maximum Gasteiger partial charge on any atom is 0.141 e. The SMILES string of the molecule is Cl.Fc1cncc(CNCc2cncc(F)c2)c1. The standard InChI is InChI=1S/C12H11F2N3.ClH/c13-11-1-9(5-16-7-11)3-15-4-10-2-12(14)8-17-6-10;/h1-2,5-8,15H,3-4H2;1H. The lowest BCUT2D eigenvalue weighted by atomic mass is 10.2. The minimum Gasteiger partial charge on any atom is -0.309 e. The van der Waals surface area contributed by atoms with E-state index in [1.165, 1.54) is 12.1 Å². The third-order valence-corrected chi connectivity index (χ3v) is 2.18. The van der Waals surface area contributed by atoms with E-state index in [1.54, 1.807) is 12.4 Å². The molecule has 0 aliphatic rings. The van der Waals surface area contributed by atoms with E-state index < -0.39 is 0 Å². The van der Waals surface area contributed by atoms with Gasteiger partial charge in [-0.3, -0.25) is 9.97 Å². The highest BCUT2D eigenvalue weighted by Crippen LogP contribution is 2.03. The summed E-state index contributed by atoms with van der Waals surface area (Å²) in [6.07, 6.45) is 5.47. The van der Waals surface area contributed by atoms with Crippen molar-refractivity contribution >= 4 is 12.4 Å². The van der Waals surface area contributed by atoms with Crippen LogP contribution in [0.1, 0.15) is 11.1 Å². The summed E-state index contributed by atoms with van der Waals surface area (Å²) in [5, 5.41) is 3.06. The second-order valence-electron chi connectivity index (χ2n) is 3.63. The minimum atomic E-state index is -0.364. The summed E-state index contributed by atoms with van der Waals surface area (Å²) in [5.74, 6) is -0.728. The van der Waals surface area contributed by atoms with Crippen molar-refractivity contribution in [2.45, 2.75) is 13.1 Å². The predicted octanol–water partition coefficient (Wildman–Crippen LogP) is 2.47. The molecule has 0 aliphatic carbocycles. The van der Waals surface area contributed by atoms with Crippen molar-refractivity contribution in [1.29, 1.82) is 0 Å². The molecule has 1 N–H and O–H groups in total. The first-order valence-corrected chi connectivity index (χ1v) is 5.13. The number of nitrogens with zero attached hydrogens (tertiary/aromatic N) is 2. The molecule has 0 aromatic carbocycles. The Morgan fingerprint density at radius 3 is 1.67 bits per heavy atom. The molecule has 2 aromatic rings. The van der Waals surface area contributed by atoms with Gasteiger partial charge in [-0.05, 0) is 23.3 Å². The van der Waals surface area contributed by atoms with E-state index in [0.717, 1.165) is 23.5 Å². The average molecular weight is 272 g/mol. The van der Waals surface area contributed by atoms with Crippen molar-refractivity contribution in [3.05, 3.63) is 59.7 Å². The average Bonchev–Trinajstić information content (AvgIpc) is 2.29. The first-order valence-electron chi connectivity index (χ1n) is 5.13. The Morgan fingerprint density at radius 2 is 1.28 bits per heavy atom. The lowest BCUT2D eigenvalue weighted by molar-refractivity contribution is 0.607. The molecule has 0 saturated carbocycles. The number of hydrogen-bond acceptors (Lipinski definition) is 3. The van der Waals surface area contributed by atoms with Gasteiger partial charge >= 0.3 is 0 Å². The van der Waals surface area contributed by atoms with E-state index in [9.17, 15) is 8.78 Å². The summed E-state index contributed by atoms with van der Waals surface area (Å²) in [4.78, 5) is 7.47. The molecule has 3 nitrogen and oxygen atoms in total. The fraction of sp³-hybridized carbons (Fsp3) is 0.167. The summed E-state index contributed by atoms with van der Waals surface area (Å²) in [6, 6.07) is 2.81. The van der Waals surface area contributed by atoms with Crippen LogP contribution in [0.15, 0.2) is 36.9 Å². The Morgan fingerprint density at radius 1 is 0.833 bits per heavy atom. The van der Waals surface area contributed by atoms with Gasteiger partial charge in [0, 0.05) is 25.5 Å². The van der Waals surface area contributed by atoms with Crippen LogP contribution in [-0.4, -0.2) is 9.97 Å². The highest BCUT2D eigenvalue weighted by atomic mass is 35.5. The molecule has 18 heavy (non-hydrogen) atoms. The molecule has 0 unspecified atom stereocenters. The predicted molar refractivity (Wildman–Crippen MR) is 66.2 cm³/mol. The molecular formula is C12H12ClF2N3. The molecule has 2 heterocycles. The molecule has 96 valence electrons. The van der Waals surface area contributed by atoms with Gasteiger partial charge in [0.25, 0.3) is 0 Å². The molecule has 0 bridgehead atoms.